The normalized spacial score (nSPS) is 18.5. The molecule has 0 bridgehead atoms. The van der Waals surface area contributed by atoms with Gasteiger partial charge >= 0.3 is 0 Å². The Morgan fingerprint density at radius 2 is 2.05 bits per heavy atom. The first-order valence-electron chi connectivity index (χ1n) is 8.06. The Morgan fingerprint density at radius 3 is 2.82 bits per heavy atom. The van der Waals surface area contributed by atoms with Crippen molar-refractivity contribution in [1.29, 1.82) is 0 Å². The number of nitrogens with zero attached hydrogens (tertiary/aromatic N) is 1. The van der Waals surface area contributed by atoms with Crippen LogP contribution in [0.2, 0.25) is 5.02 Å². The molecule has 1 aromatic rings. The monoisotopic (exact) mass is 324 g/mol. The van der Waals surface area contributed by atoms with Crippen molar-refractivity contribution >= 4 is 17.5 Å². The zero-order chi connectivity index (χ0) is 15.8. The van der Waals surface area contributed by atoms with Crippen molar-refractivity contribution in [3.05, 3.63) is 34.9 Å². The van der Waals surface area contributed by atoms with Gasteiger partial charge in [0, 0.05) is 23.6 Å². The predicted molar refractivity (Wildman–Crippen MR) is 88.9 cm³/mol. The van der Waals surface area contributed by atoms with Gasteiger partial charge in [-0.25, -0.2) is 0 Å². The van der Waals surface area contributed by atoms with E-state index in [4.69, 9.17) is 22.1 Å². The van der Waals surface area contributed by atoms with Gasteiger partial charge in [0.25, 0.3) is 0 Å². The molecule has 22 heavy (non-hydrogen) atoms. The molecule has 2 N–H and O–H groups in total. The summed E-state index contributed by atoms with van der Waals surface area (Å²) in [7, 11) is 0. The Balaban J connectivity index is 1.82. The second-order valence-corrected chi connectivity index (χ2v) is 6.08. The fourth-order valence-corrected chi connectivity index (χ4v) is 2.99. The highest BCUT2D eigenvalue weighted by Crippen LogP contribution is 2.28. The molecule has 4 nitrogen and oxygen atoms in total. The Hall–Kier alpha value is -1.10. The first kappa shape index (κ1) is 17.3. The van der Waals surface area contributed by atoms with Gasteiger partial charge in [0.1, 0.15) is 6.10 Å². The number of carbonyl (C=O) groups excluding carboxylic acids is 1. The molecular weight excluding hydrogens is 300 g/mol. The van der Waals surface area contributed by atoms with Crippen molar-refractivity contribution in [3.8, 4) is 0 Å². The van der Waals surface area contributed by atoms with E-state index >= 15 is 0 Å². The van der Waals surface area contributed by atoms with Crippen molar-refractivity contribution in [1.82, 2.24) is 4.90 Å². The minimum Gasteiger partial charge on any atom is -0.370 e. The van der Waals surface area contributed by atoms with Crippen LogP contribution in [0.5, 0.6) is 0 Å². The van der Waals surface area contributed by atoms with Crippen LogP contribution >= 0.6 is 11.6 Å². The molecule has 0 spiro atoms. The molecule has 2 rings (SSSR count). The number of nitrogens with two attached hydrogens (primary N) is 1. The summed E-state index contributed by atoms with van der Waals surface area (Å²) in [6, 6.07) is 7.67. The number of unbranched alkanes of at least 4 members (excludes halogenated alkanes) is 3. The Morgan fingerprint density at radius 1 is 1.27 bits per heavy atom. The Bertz CT molecular complexity index is 481. The van der Waals surface area contributed by atoms with Crippen LogP contribution in [0.4, 0.5) is 0 Å². The average Bonchev–Trinajstić information content (AvgIpc) is 2.55. The standard InChI is InChI=1S/C17H25ClN2O2/c18-15-8-5-4-7-14(15)16-13-20(11-12-22-16)17(21)9-3-1-2-6-10-19/h4-5,7-8,16H,1-3,6,9-13,19H2. The summed E-state index contributed by atoms with van der Waals surface area (Å²) in [5.74, 6) is 0.216. The van der Waals surface area contributed by atoms with Crippen LogP contribution in [0.25, 0.3) is 0 Å². The number of hydrogen-bond donors (Lipinski definition) is 1. The number of rotatable bonds is 7. The van der Waals surface area contributed by atoms with E-state index in [0.717, 1.165) is 37.8 Å². The third-order valence-corrected chi connectivity index (χ3v) is 4.36. The molecule has 0 saturated carbocycles. The summed E-state index contributed by atoms with van der Waals surface area (Å²) >= 11 is 6.22. The lowest BCUT2D eigenvalue weighted by Gasteiger charge is -2.33. The van der Waals surface area contributed by atoms with Gasteiger partial charge in [-0.05, 0) is 25.5 Å². The summed E-state index contributed by atoms with van der Waals surface area (Å²) in [5, 5.41) is 0.698. The van der Waals surface area contributed by atoms with Crippen LogP contribution in [0.15, 0.2) is 24.3 Å². The number of halogens is 1. The molecule has 5 heteroatoms. The molecule has 0 aromatic heterocycles. The molecule has 1 amide bonds. The van der Waals surface area contributed by atoms with Gasteiger partial charge in [0.2, 0.25) is 5.91 Å². The van der Waals surface area contributed by atoms with Gasteiger partial charge in [0.05, 0.1) is 13.2 Å². The van der Waals surface area contributed by atoms with Crippen molar-refractivity contribution in [3.63, 3.8) is 0 Å². The van der Waals surface area contributed by atoms with Gasteiger partial charge < -0.3 is 15.4 Å². The maximum Gasteiger partial charge on any atom is 0.222 e. The topological polar surface area (TPSA) is 55.6 Å². The van der Waals surface area contributed by atoms with Crippen molar-refractivity contribution in [2.24, 2.45) is 5.73 Å². The highest BCUT2D eigenvalue weighted by molar-refractivity contribution is 6.31. The lowest BCUT2D eigenvalue weighted by molar-refractivity contribution is -0.139. The van der Waals surface area contributed by atoms with Gasteiger partial charge in [-0.1, -0.05) is 42.6 Å². The summed E-state index contributed by atoms with van der Waals surface area (Å²) in [4.78, 5) is 14.2. The van der Waals surface area contributed by atoms with E-state index in [9.17, 15) is 4.79 Å². The van der Waals surface area contributed by atoms with E-state index in [2.05, 4.69) is 0 Å². The first-order chi connectivity index (χ1) is 10.7. The van der Waals surface area contributed by atoms with Crippen molar-refractivity contribution in [2.45, 2.75) is 38.2 Å². The second-order valence-electron chi connectivity index (χ2n) is 5.67. The predicted octanol–water partition coefficient (Wildman–Crippen LogP) is 3.15. The minimum atomic E-state index is -0.122. The van der Waals surface area contributed by atoms with E-state index in [-0.39, 0.29) is 12.0 Å². The molecule has 122 valence electrons. The fraction of sp³-hybridized carbons (Fsp3) is 0.588. The van der Waals surface area contributed by atoms with Gasteiger partial charge in [0.15, 0.2) is 0 Å². The van der Waals surface area contributed by atoms with Crippen LogP contribution in [0, 0.1) is 0 Å². The van der Waals surface area contributed by atoms with Gasteiger partial charge in [-0.3, -0.25) is 4.79 Å². The zero-order valence-corrected chi connectivity index (χ0v) is 13.7. The van der Waals surface area contributed by atoms with Crippen molar-refractivity contribution in [2.75, 3.05) is 26.2 Å². The van der Waals surface area contributed by atoms with Crippen LogP contribution in [-0.2, 0) is 9.53 Å². The zero-order valence-electron chi connectivity index (χ0n) is 13.0. The summed E-state index contributed by atoms with van der Waals surface area (Å²) in [5.41, 5.74) is 6.43. The lowest BCUT2D eigenvalue weighted by Crippen LogP contribution is -2.42. The van der Waals surface area contributed by atoms with Gasteiger partial charge in [-0.2, -0.15) is 0 Å². The second kappa shape index (κ2) is 9.13. The summed E-state index contributed by atoms with van der Waals surface area (Å²) < 4.78 is 5.79. The van der Waals surface area contributed by atoms with E-state index in [1.54, 1.807) is 0 Å². The summed E-state index contributed by atoms with van der Waals surface area (Å²) in [6.45, 7) is 2.56. The molecule has 1 heterocycles. The molecule has 1 saturated heterocycles. The average molecular weight is 325 g/mol. The molecule has 1 unspecified atom stereocenters. The molecular formula is C17H25ClN2O2. The number of benzene rings is 1. The molecule has 0 radical (unpaired) electrons. The Labute approximate surface area is 137 Å². The maximum absolute atomic E-state index is 12.3. The molecule has 1 aliphatic rings. The van der Waals surface area contributed by atoms with Gasteiger partial charge in [-0.15, -0.1) is 0 Å². The minimum absolute atomic E-state index is 0.122. The SMILES string of the molecule is NCCCCCCC(=O)N1CCOC(c2ccccc2Cl)C1. The number of ether oxygens (including phenoxy) is 1. The Kier molecular flexibility index (Phi) is 7.16. The van der Waals surface area contributed by atoms with E-state index in [1.165, 1.54) is 0 Å². The molecule has 1 fully saturated rings. The number of amides is 1. The van der Waals surface area contributed by atoms with Crippen LogP contribution in [0.3, 0.4) is 0 Å². The molecule has 1 aromatic carbocycles. The number of carbonyl (C=O) groups is 1. The molecule has 1 aliphatic heterocycles. The quantitative estimate of drug-likeness (QED) is 0.784. The summed E-state index contributed by atoms with van der Waals surface area (Å²) in [6.07, 6.45) is 4.65. The third-order valence-electron chi connectivity index (χ3n) is 4.02. The van der Waals surface area contributed by atoms with Crippen LogP contribution < -0.4 is 5.73 Å². The fourth-order valence-electron chi connectivity index (χ4n) is 2.73. The molecule has 1 atom stereocenters. The van der Waals surface area contributed by atoms with E-state index < -0.39 is 0 Å². The van der Waals surface area contributed by atoms with Crippen LogP contribution in [-0.4, -0.2) is 37.0 Å². The lowest BCUT2D eigenvalue weighted by atomic mass is 10.1. The molecule has 0 aliphatic carbocycles. The first-order valence-corrected chi connectivity index (χ1v) is 8.44. The maximum atomic E-state index is 12.3. The number of hydrogen-bond acceptors (Lipinski definition) is 3. The van der Waals surface area contributed by atoms with E-state index in [0.29, 0.717) is 31.1 Å². The highest BCUT2D eigenvalue weighted by Gasteiger charge is 2.26. The van der Waals surface area contributed by atoms with E-state index in [1.807, 2.05) is 29.2 Å². The van der Waals surface area contributed by atoms with Crippen molar-refractivity contribution < 1.29 is 9.53 Å². The highest BCUT2D eigenvalue weighted by atomic mass is 35.5. The number of morpholine rings is 1. The largest absolute Gasteiger partial charge is 0.370 e. The smallest absolute Gasteiger partial charge is 0.222 e. The third kappa shape index (κ3) is 4.97. The van der Waals surface area contributed by atoms with Crippen LogP contribution in [0.1, 0.15) is 43.8 Å².